The standard InChI is InChI=1S/C20H18N4OS2/c25-17(21-18(14-10-11-14)13-6-2-1-3-7-13)12-26-19-22-23-20-24(19)15-8-4-5-9-16(15)27-20/h1-9,14,18H,10-12H2,(H,21,25). The zero-order valence-electron chi connectivity index (χ0n) is 14.5. The summed E-state index contributed by atoms with van der Waals surface area (Å²) in [4.78, 5) is 13.5. The molecule has 0 bridgehead atoms. The van der Waals surface area contributed by atoms with Crippen molar-refractivity contribution in [1.82, 2.24) is 19.9 Å². The maximum absolute atomic E-state index is 12.6. The Kier molecular flexibility index (Phi) is 4.33. The van der Waals surface area contributed by atoms with E-state index in [1.165, 1.54) is 34.9 Å². The molecule has 1 N–H and O–H groups in total. The molecule has 1 amide bonds. The fourth-order valence-corrected chi connectivity index (χ4v) is 5.14. The number of fused-ring (bicyclic) bond motifs is 3. The molecule has 1 unspecified atom stereocenters. The van der Waals surface area contributed by atoms with E-state index in [0.717, 1.165) is 15.6 Å². The molecular formula is C20H18N4OS2. The molecule has 1 fully saturated rings. The minimum Gasteiger partial charge on any atom is -0.348 e. The lowest BCUT2D eigenvalue weighted by Crippen LogP contribution is -2.31. The average molecular weight is 395 g/mol. The van der Waals surface area contributed by atoms with E-state index in [1.807, 2.05) is 34.7 Å². The number of para-hydroxylation sites is 1. The summed E-state index contributed by atoms with van der Waals surface area (Å²) < 4.78 is 3.21. The summed E-state index contributed by atoms with van der Waals surface area (Å²) in [6.45, 7) is 0. The van der Waals surface area contributed by atoms with Gasteiger partial charge >= 0.3 is 0 Å². The first-order valence-electron chi connectivity index (χ1n) is 8.99. The molecular weight excluding hydrogens is 376 g/mol. The molecule has 0 spiro atoms. The van der Waals surface area contributed by atoms with E-state index in [0.29, 0.717) is 11.7 Å². The number of nitrogens with zero attached hydrogens (tertiary/aromatic N) is 3. The minimum absolute atomic E-state index is 0.0389. The molecule has 5 nitrogen and oxygen atoms in total. The van der Waals surface area contributed by atoms with Crippen LogP contribution in [0.15, 0.2) is 59.8 Å². The predicted molar refractivity (Wildman–Crippen MR) is 109 cm³/mol. The van der Waals surface area contributed by atoms with Gasteiger partial charge in [-0.1, -0.05) is 65.6 Å². The summed E-state index contributed by atoms with van der Waals surface area (Å²) in [6, 6.07) is 18.5. The number of aromatic nitrogens is 3. The summed E-state index contributed by atoms with van der Waals surface area (Å²) in [5.74, 6) is 0.931. The normalized spacial score (nSPS) is 15.3. The molecule has 0 saturated heterocycles. The zero-order valence-corrected chi connectivity index (χ0v) is 16.2. The monoisotopic (exact) mass is 394 g/mol. The van der Waals surface area contributed by atoms with Crippen LogP contribution in [0.4, 0.5) is 0 Å². The number of amides is 1. The lowest BCUT2D eigenvalue weighted by molar-refractivity contribution is -0.119. The summed E-state index contributed by atoms with van der Waals surface area (Å²) in [5, 5.41) is 12.5. The Hall–Kier alpha value is -2.38. The summed E-state index contributed by atoms with van der Waals surface area (Å²) in [5.41, 5.74) is 2.28. The molecule has 2 aromatic carbocycles. The third-order valence-electron chi connectivity index (χ3n) is 4.81. The third-order valence-corrected chi connectivity index (χ3v) is 6.75. The van der Waals surface area contributed by atoms with E-state index in [1.54, 1.807) is 11.3 Å². The number of thioether (sulfide) groups is 1. The number of carbonyl (C=O) groups excluding carboxylic acids is 1. The van der Waals surface area contributed by atoms with Gasteiger partial charge in [0.25, 0.3) is 0 Å². The Labute approximate surface area is 164 Å². The Morgan fingerprint density at radius 3 is 2.74 bits per heavy atom. The Bertz CT molecular complexity index is 1100. The lowest BCUT2D eigenvalue weighted by Gasteiger charge is -2.18. The van der Waals surface area contributed by atoms with Crippen molar-refractivity contribution >= 4 is 44.2 Å². The molecule has 1 aliphatic rings. The molecule has 2 aromatic heterocycles. The van der Waals surface area contributed by atoms with Crippen LogP contribution in [0.1, 0.15) is 24.4 Å². The van der Waals surface area contributed by atoms with Gasteiger partial charge in [0.05, 0.1) is 22.0 Å². The number of thiazole rings is 1. The quantitative estimate of drug-likeness (QED) is 0.495. The van der Waals surface area contributed by atoms with Gasteiger partial charge in [0.15, 0.2) is 5.16 Å². The molecule has 4 aromatic rings. The number of rotatable bonds is 6. The fraction of sp³-hybridized carbons (Fsp3) is 0.250. The van der Waals surface area contributed by atoms with Crippen molar-refractivity contribution in [3.8, 4) is 0 Å². The molecule has 1 atom stereocenters. The fourth-order valence-electron chi connectivity index (χ4n) is 3.36. The average Bonchev–Trinajstić information content (AvgIpc) is 3.36. The van der Waals surface area contributed by atoms with Crippen molar-refractivity contribution in [2.45, 2.75) is 24.0 Å². The van der Waals surface area contributed by atoms with Crippen molar-refractivity contribution < 1.29 is 4.79 Å². The van der Waals surface area contributed by atoms with Crippen molar-refractivity contribution in [3.05, 3.63) is 60.2 Å². The van der Waals surface area contributed by atoms with E-state index in [2.05, 4.69) is 39.8 Å². The van der Waals surface area contributed by atoms with E-state index in [9.17, 15) is 4.79 Å². The molecule has 5 rings (SSSR count). The predicted octanol–water partition coefficient (Wildman–Crippen LogP) is 4.30. The van der Waals surface area contributed by atoms with Crippen molar-refractivity contribution in [1.29, 1.82) is 0 Å². The number of hydrogen-bond donors (Lipinski definition) is 1. The molecule has 27 heavy (non-hydrogen) atoms. The molecule has 2 heterocycles. The molecule has 1 aliphatic carbocycles. The minimum atomic E-state index is 0.0389. The first-order valence-corrected chi connectivity index (χ1v) is 10.8. The first-order chi connectivity index (χ1) is 13.3. The number of nitrogens with one attached hydrogen (secondary N) is 1. The van der Waals surface area contributed by atoms with E-state index in [4.69, 9.17) is 0 Å². The third kappa shape index (κ3) is 3.33. The summed E-state index contributed by atoms with van der Waals surface area (Å²) in [6.07, 6.45) is 2.36. The van der Waals surface area contributed by atoms with Crippen LogP contribution in [0.2, 0.25) is 0 Å². The van der Waals surface area contributed by atoms with Gasteiger partial charge in [-0.15, -0.1) is 10.2 Å². The van der Waals surface area contributed by atoms with Gasteiger partial charge < -0.3 is 5.32 Å². The van der Waals surface area contributed by atoms with Crippen LogP contribution in [0.25, 0.3) is 15.2 Å². The van der Waals surface area contributed by atoms with Crippen molar-refractivity contribution in [3.63, 3.8) is 0 Å². The largest absolute Gasteiger partial charge is 0.348 e. The summed E-state index contributed by atoms with van der Waals surface area (Å²) >= 11 is 3.05. The second-order valence-corrected chi connectivity index (χ2v) is 8.70. The smallest absolute Gasteiger partial charge is 0.230 e. The van der Waals surface area contributed by atoms with Gasteiger partial charge in [-0.3, -0.25) is 9.20 Å². The molecule has 136 valence electrons. The van der Waals surface area contributed by atoms with Crippen molar-refractivity contribution in [2.24, 2.45) is 5.92 Å². The highest BCUT2D eigenvalue weighted by Gasteiger charge is 2.33. The van der Waals surface area contributed by atoms with Gasteiger partial charge in [-0.05, 0) is 36.5 Å². The molecule has 0 radical (unpaired) electrons. The molecule has 1 saturated carbocycles. The van der Waals surface area contributed by atoms with Gasteiger partial charge in [0.1, 0.15) is 0 Å². The molecule has 7 heteroatoms. The molecule has 0 aliphatic heterocycles. The highest BCUT2D eigenvalue weighted by molar-refractivity contribution is 7.99. The SMILES string of the molecule is O=C(CSc1nnc2sc3ccccc3n12)NC(c1ccccc1)C1CC1. The zero-order chi connectivity index (χ0) is 18.2. The second kappa shape index (κ2) is 6.98. The number of carbonyl (C=O) groups is 1. The Morgan fingerprint density at radius 1 is 1.15 bits per heavy atom. The van der Waals surface area contributed by atoms with Crippen LogP contribution in [-0.4, -0.2) is 26.3 Å². The van der Waals surface area contributed by atoms with Gasteiger partial charge in [0.2, 0.25) is 10.9 Å². The van der Waals surface area contributed by atoms with E-state index >= 15 is 0 Å². The van der Waals surface area contributed by atoms with Crippen LogP contribution in [0.3, 0.4) is 0 Å². The van der Waals surface area contributed by atoms with Crippen LogP contribution in [0, 0.1) is 5.92 Å². The van der Waals surface area contributed by atoms with Gasteiger partial charge in [0, 0.05) is 0 Å². The van der Waals surface area contributed by atoms with Crippen LogP contribution in [0.5, 0.6) is 0 Å². The van der Waals surface area contributed by atoms with Crippen LogP contribution >= 0.6 is 23.1 Å². The van der Waals surface area contributed by atoms with Crippen LogP contribution < -0.4 is 5.32 Å². The van der Waals surface area contributed by atoms with E-state index in [-0.39, 0.29) is 11.9 Å². The van der Waals surface area contributed by atoms with Crippen molar-refractivity contribution in [2.75, 3.05) is 5.75 Å². The topological polar surface area (TPSA) is 59.3 Å². The second-order valence-electron chi connectivity index (χ2n) is 6.75. The maximum atomic E-state index is 12.6. The highest BCUT2D eigenvalue weighted by atomic mass is 32.2. The Balaban J connectivity index is 1.31. The van der Waals surface area contributed by atoms with E-state index < -0.39 is 0 Å². The number of hydrogen-bond acceptors (Lipinski definition) is 5. The number of benzene rings is 2. The summed E-state index contributed by atoms with van der Waals surface area (Å²) in [7, 11) is 0. The lowest BCUT2D eigenvalue weighted by atomic mass is 10.0. The highest BCUT2D eigenvalue weighted by Crippen LogP contribution is 2.41. The first kappa shape index (κ1) is 16.8. The Morgan fingerprint density at radius 2 is 1.93 bits per heavy atom. The van der Waals surface area contributed by atoms with Gasteiger partial charge in [-0.25, -0.2) is 0 Å². The van der Waals surface area contributed by atoms with Gasteiger partial charge in [-0.2, -0.15) is 0 Å². The maximum Gasteiger partial charge on any atom is 0.230 e. The van der Waals surface area contributed by atoms with Crippen LogP contribution in [-0.2, 0) is 4.79 Å².